The maximum absolute atomic E-state index is 12.3. The van der Waals surface area contributed by atoms with Gasteiger partial charge in [0.05, 0.1) is 0 Å². The molecule has 2 aromatic carbocycles. The molecule has 0 saturated heterocycles. The lowest BCUT2D eigenvalue weighted by molar-refractivity contribution is 0.257. The van der Waals surface area contributed by atoms with E-state index in [9.17, 15) is 4.79 Å². The molecule has 0 saturated carbocycles. The molecule has 0 aromatic heterocycles. The van der Waals surface area contributed by atoms with Crippen molar-refractivity contribution in [1.29, 1.82) is 0 Å². The molecule has 0 atom stereocenters. The van der Waals surface area contributed by atoms with E-state index >= 15 is 0 Å². The number of urea groups is 1. The number of hydrogen-bond acceptors (Lipinski definition) is 2. The van der Waals surface area contributed by atoms with Gasteiger partial charge in [0.15, 0.2) is 0 Å². The van der Waals surface area contributed by atoms with Crippen LogP contribution in [0.1, 0.15) is 12.5 Å². The monoisotopic (exact) mass is 269 g/mol. The van der Waals surface area contributed by atoms with E-state index in [0.29, 0.717) is 17.9 Å². The van der Waals surface area contributed by atoms with Gasteiger partial charge in [-0.05, 0) is 49.7 Å². The summed E-state index contributed by atoms with van der Waals surface area (Å²) < 4.78 is 0. The average molecular weight is 269 g/mol. The second-order valence-electron chi connectivity index (χ2n) is 4.64. The Kier molecular flexibility index (Phi) is 4.25. The number of nitrogen functional groups attached to an aromatic ring is 1. The van der Waals surface area contributed by atoms with Crippen molar-refractivity contribution in [2.24, 2.45) is 0 Å². The van der Waals surface area contributed by atoms with Crippen LogP contribution in [0, 0.1) is 6.92 Å². The lowest BCUT2D eigenvalue weighted by atomic mass is 10.2. The molecule has 3 N–H and O–H groups in total. The largest absolute Gasteiger partial charge is 0.399 e. The Morgan fingerprint density at radius 3 is 2.60 bits per heavy atom. The highest BCUT2D eigenvalue weighted by atomic mass is 16.2. The van der Waals surface area contributed by atoms with Crippen LogP contribution in [0.15, 0.2) is 48.5 Å². The zero-order chi connectivity index (χ0) is 14.5. The van der Waals surface area contributed by atoms with E-state index in [4.69, 9.17) is 5.73 Å². The lowest BCUT2D eigenvalue weighted by Gasteiger charge is -2.22. The van der Waals surface area contributed by atoms with Crippen LogP contribution in [-0.4, -0.2) is 12.6 Å². The van der Waals surface area contributed by atoms with Crippen LogP contribution in [0.4, 0.5) is 21.9 Å². The number of nitrogens with zero attached hydrogens (tertiary/aromatic N) is 1. The molecule has 2 rings (SSSR count). The highest BCUT2D eigenvalue weighted by Gasteiger charge is 2.13. The SMILES string of the molecule is CCN(C(=O)Nc1cccc(N)c1)c1cccc(C)c1. The van der Waals surface area contributed by atoms with Crippen LogP contribution in [0.2, 0.25) is 0 Å². The maximum Gasteiger partial charge on any atom is 0.326 e. The molecule has 104 valence electrons. The minimum Gasteiger partial charge on any atom is -0.399 e. The molecular weight excluding hydrogens is 250 g/mol. The van der Waals surface area contributed by atoms with Gasteiger partial charge < -0.3 is 11.1 Å². The Hall–Kier alpha value is -2.49. The molecule has 0 bridgehead atoms. The predicted molar refractivity (Wildman–Crippen MR) is 84.1 cm³/mol. The van der Waals surface area contributed by atoms with Gasteiger partial charge in [-0.25, -0.2) is 4.79 Å². The molecule has 0 unspecified atom stereocenters. The molecule has 4 nitrogen and oxygen atoms in total. The van der Waals surface area contributed by atoms with Crippen molar-refractivity contribution in [3.63, 3.8) is 0 Å². The van der Waals surface area contributed by atoms with Crippen molar-refractivity contribution in [1.82, 2.24) is 0 Å². The number of rotatable bonds is 3. The third kappa shape index (κ3) is 3.29. The minimum absolute atomic E-state index is 0.163. The standard InChI is InChI=1S/C16H19N3O/c1-3-19(15-9-4-6-12(2)10-15)16(20)18-14-8-5-7-13(17)11-14/h4-11H,3,17H2,1-2H3,(H,18,20). The Balaban J connectivity index is 2.17. The Bertz CT molecular complexity index is 610. The molecule has 0 fully saturated rings. The highest BCUT2D eigenvalue weighted by Crippen LogP contribution is 2.18. The first-order valence-electron chi connectivity index (χ1n) is 6.61. The summed E-state index contributed by atoms with van der Waals surface area (Å²) in [6, 6.07) is 14.9. The third-order valence-corrected chi connectivity index (χ3v) is 3.01. The third-order valence-electron chi connectivity index (χ3n) is 3.01. The number of hydrogen-bond donors (Lipinski definition) is 2. The summed E-state index contributed by atoms with van der Waals surface area (Å²) in [6.45, 7) is 4.55. The van der Waals surface area contributed by atoms with Crippen molar-refractivity contribution in [3.8, 4) is 0 Å². The zero-order valence-electron chi connectivity index (χ0n) is 11.8. The summed E-state index contributed by atoms with van der Waals surface area (Å²) >= 11 is 0. The molecule has 2 aromatic rings. The van der Waals surface area contributed by atoms with Gasteiger partial charge in [0.1, 0.15) is 0 Å². The number of nitrogens with two attached hydrogens (primary N) is 1. The second kappa shape index (κ2) is 6.10. The average Bonchev–Trinajstić information content (AvgIpc) is 2.39. The van der Waals surface area contributed by atoms with Crippen LogP contribution in [0.5, 0.6) is 0 Å². The first kappa shape index (κ1) is 13.9. The number of amides is 2. The van der Waals surface area contributed by atoms with E-state index in [-0.39, 0.29) is 6.03 Å². The predicted octanol–water partition coefficient (Wildman–Crippen LogP) is 3.64. The van der Waals surface area contributed by atoms with Crippen molar-refractivity contribution < 1.29 is 4.79 Å². The molecule has 2 amide bonds. The second-order valence-corrected chi connectivity index (χ2v) is 4.64. The number of nitrogens with one attached hydrogen (secondary N) is 1. The van der Waals surface area contributed by atoms with Crippen LogP contribution in [-0.2, 0) is 0 Å². The number of anilines is 3. The molecule has 20 heavy (non-hydrogen) atoms. The minimum atomic E-state index is -0.163. The van der Waals surface area contributed by atoms with Crippen molar-refractivity contribution in [2.45, 2.75) is 13.8 Å². The van der Waals surface area contributed by atoms with Crippen LogP contribution < -0.4 is 16.0 Å². The summed E-state index contributed by atoms with van der Waals surface area (Å²) in [7, 11) is 0. The highest BCUT2D eigenvalue weighted by molar-refractivity contribution is 6.01. The molecule has 0 spiro atoms. The zero-order valence-corrected chi connectivity index (χ0v) is 11.8. The summed E-state index contributed by atoms with van der Waals surface area (Å²) in [5.74, 6) is 0. The van der Waals surface area contributed by atoms with Gasteiger partial charge in [-0.3, -0.25) is 4.90 Å². The number of benzene rings is 2. The van der Waals surface area contributed by atoms with Gasteiger partial charge in [-0.15, -0.1) is 0 Å². The van der Waals surface area contributed by atoms with E-state index < -0.39 is 0 Å². The number of aryl methyl sites for hydroxylation is 1. The Morgan fingerprint density at radius 2 is 1.95 bits per heavy atom. The first-order valence-corrected chi connectivity index (χ1v) is 6.61. The number of carbonyl (C=O) groups is 1. The van der Waals surface area contributed by atoms with E-state index in [1.165, 1.54) is 0 Å². The first-order chi connectivity index (χ1) is 9.60. The van der Waals surface area contributed by atoms with E-state index in [0.717, 1.165) is 11.3 Å². The van der Waals surface area contributed by atoms with Gasteiger partial charge in [0.2, 0.25) is 0 Å². The summed E-state index contributed by atoms with van der Waals surface area (Å²) in [5.41, 5.74) is 9.04. The quantitative estimate of drug-likeness (QED) is 0.836. The van der Waals surface area contributed by atoms with E-state index in [1.54, 1.807) is 17.0 Å². The van der Waals surface area contributed by atoms with Gasteiger partial charge in [0, 0.05) is 23.6 Å². The van der Waals surface area contributed by atoms with Gasteiger partial charge in [0.25, 0.3) is 0 Å². The summed E-state index contributed by atoms with van der Waals surface area (Å²) in [6.07, 6.45) is 0. The lowest BCUT2D eigenvalue weighted by Crippen LogP contribution is -2.34. The van der Waals surface area contributed by atoms with Gasteiger partial charge in [-0.2, -0.15) is 0 Å². The van der Waals surface area contributed by atoms with Crippen molar-refractivity contribution in [3.05, 3.63) is 54.1 Å². The molecule has 0 aliphatic rings. The van der Waals surface area contributed by atoms with Crippen LogP contribution in [0.3, 0.4) is 0 Å². The molecule has 4 heteroatoms. The van der Waals surface area contributed by atoms with Gasteiger partial charge in [-0.1, -0.05) is 18.2 Å². The van der Waals surface area contributed by atoms with Gasteiger partial charge >= 0.3 is 6.03 Å². The topological polar surface area (TPSA) is 58.4 Å². The fraction of sp³-hybridized carbons (Fsp3) is 0.188. The van der Waals surface area contributed by atoms with Crippen molar-refractivity contribution >= 4 is 23.1 Å². The molecule has 0 aliphatic heterocycles. The molecular formula is C16H19N3O. The van der Waals surface area contributed by atoms with E-state index in [2.05, 4.69) is 5.32 Å². The number of carbonyl (C=O) groups excluding carboxylic acids is 1. The van der Waals surface area contributed by atoms with Crippen LogP contribution in [0.25, 0.3) is 0 Å². The van der Waals surface area contributed by atoms with E-state index in [1.807, 2.05) is 50.2 Å². The Morgan fingerprint density at radius 1 is 1.20 bits per heavy atom. The van der Waals surface area contributed by atoms with Crippen LogP contribution >= 0.6 is 0 Å². The fourth-order valence-corrected chi connectivity index (χ4v) is 2.05. The Labute approximate surface area is 119 Å². The fourth-order valence-electron chi connectivity index (χ4n) is 2.05. The summed E-state index contributed by atoms with van der Waals surface area (Å²) in [5, 5.41) is 2.86. The molecule has 0 radical (unpaired) electrons. The smallest absolute Gasteiger partial charge is 0.326 e. The molecule has 0 heterocycles. The normalized spacial score (nSPS) is 10.1. The molecule has 0 aliphatic carbocycles. The maximum atomic E-state index is 12.3. The summed E-state index contributed by atoms with van der Waals surface area (Å²) in [4.78, 5) is 14.0. The van der Waals surface area contributed by atoms with Crippen molar-refractivity contribution in [2.75, 3.05) is 22.5 Å².